The number of aryl methyl sites for hydroxylation is 1. The Hall–Kier alpha value is -1.51. The number of sulfonamides is 1. The highest BCUT2D eigenvalue weighted by Gasteiger charge is 2.18. The number of nitrogens with one attached hydrogen (secondary N) is 1. The summed E-state index contributed by atoms with van der Waals surface area (Å²) in [5.74, 6) is 2.52. The van der Waals surface area contributed by atoms with E-state index in [0.717, 1.165) is 5.56 Å². The van der Waals surface area contributed by atoms with Crippen molar-refractivity contribution in [3.63, 3.8) is 0 Å². The number of methoxy groups -OCH3 is 1. The van der Waals surface area contributed by atoms with E-state index in [1.807, 2.05) is 0 Å². The summed E-state index contributed by atoms with van der Waals surface area (Å²) < 4.78 is 31.0. The molecule has 1 aromatic carbocycles. The lowest BCUT2D eigenvalue weighted by molar-refractivity contribution is 0.402. The van der Waals surface area contributed by atoms with Crippen molar-refractivity contribution in [2.75, 3.05) is 13.7 Å². The molecule has 1 N–H and O–H groups in total. The highest BCUT2D eigenvalue weighted by Crippen LogP contribution is 2.24. The Bertz CT molecular complexity index is 515. The van der Waals surface area contributed by atoms with Gasteiger partial charge in [0.15, 0.2) is 0 Å². The van der Waals surface area contributed by atoms with Crippen LogP contribution in [-0.2, 0) is 10.0 Å². The molecular weight excluding hydrogens is 226 g/mol. The minimum Gasteiger partial charge on any atom is -0.495 e. The Labute approximate surface area is 95.7 Å². The van der Waals surface area contributed by atoms with E-state index in [0.29, 0.717) is 5.75 Å². The number of benzene rings is 1. The van der Waals surface area contributed by atoms with Crippen LogP contribution in [0.15, 0.2) is 23.1 Å². The lowest BCUT2D eigenvalue weighted by Crippen LogP contribution is -2.24. The summed E-state index contributed by atoms with van der Waals surface area (Å²) >= 11 is 0. The van der Waals surface area contributed by atoms with E-state index < -0.39 is 10.0 Å². The summed E-state index contributed by atoms with van der Waals surface area (Å²) in [7, 11) is -2.18. The molecule has 0 aliphatic rings. The number of rotatable bonds is 4. The maximum absolute atomic E-state index is 11.8. The van der Waals surface area contributed by atoms with Crippen LogP contribution in [0, 0.1) is 19.3 Å². The van der Waals surface area contributed by atoms with Gasteiger partial charge < -0.3 is 4.74 Å². The average molecular weight is 239 g/mol. The fraction of sp³-hybridized carbons (Fsp3) is 0.273. The van der Waals surface area contributed by atoms with Gasteiger partial charge in [0.2, 0.25) is 10.0 Å². The maximum Gasteiger partial charge on any atom is 0.245 e. The molecule has 16 heavy (non-hydrogen) atoms. The van der Waals surface area contributed by atoms with Crippen LogP contribution in [0.1, 0.15) is 5.56 Å². The van der Waals surface area contributed by atoms with Crippen molar-refractivity contribution in [3.05, 3.63) is 23.8 Å². The van der Waals surface area contributed by atoms with Crippen molar-refractivity contribution in [1.82, 2.24) is 4.72 Å². The third kappa shape index (κ3) is 2.75. The maximum atomic E-state index is 11.8. The van der Waals surface area contributed by atoms with E-state index in [9.17, 15) is 8.42 Å². The molecule has 1 aromatic rings. The first-order chi connectivity index (χ1) is 7.51. The van der Waals surface area contributed by atoms with E-state index in [1.54, 1.807) is 19.1 Å². The van der Waals surface area contributed by atoms with Crippen molar-refractivity contribution in [1.29, 1.82) is 0 Å². The predicted octanol–water partition coefficient (Wildman–Crippen LogP) is 0.915. The van der Waals surface area contributed by atoms with Gasteiger partial charge in [0.05, 0.1) is 13.7 Å². The second-order valence-electron chi connectivity index (χ2n) is 3.18. The number of hydrogen-bond donors (Lipinski definition) is 1. The second kappa shape index (κ2) is 5.01. The molecule has 0 unspecified atom stereocenters. The van der Waals surface area contributed by atoms with Crippen molar-refractivity contribution < 1.29 is 13.2 Å². The minimum absolute atomic E-state index is 0.0422. The van der Waals surface area contributed by atoms with Gasteiger partial charge in [-0.25, -0.2) is 8.42 Å². The highest BCUT2D eigenvalue weighted by atomic mass is 32.2. The highest BCUT2D eigenvalue weighted by molar-refractivity contribution is 7.89. The quantitative estimate of drug-likeness (QED) is 0.795. The first-order valence-corrected chi connectivity index (χ1v) is 6.07. The van der Waals surface area contributed by atoms with Crippen LogP contribution in [0.5, 0.6) is 5.75 Å². The standard InChI is InChI=1S/C11H13NO3S/c1-4-7-12-16(13,14)11-8-9(2)5-6-10(11)15-3/h1,5-6,8,12H,7H2,2-3H3. The molecule has 0 heterocycles. The molecule has 0 bridgehead atoms. The Balaban J connectivity index is 3.21. The fourth-order valence-corrected chi connectivity index (χ4v) is 2.39. The van der Waals surface area contributed by atoms with Crippen LogP contribution in [0.25, 0.3) is 0 Å². The summed E-state index contributed by atoms with van der Waals surface area (Å²) in [4.78, 5) is 0.102. The monoisotopic (exact) mass is 239 g/mol. The molecule has 0 atom stereocenters. The lowest BCUT2D eigenvalue weighted by Gasteiger charge is -2.10. The molecule has 0 aliphatic heterocycles. The van der Waals surface area contributed by atoms with Crippen LogP contribution in [0.4, 0.5) is 0 Å². The smallest absolute Gasteiger partial charge is 0.245 e. The molecule has 1 rings (SSSR count). The van der Waals surface area contributed by atoms with Gasteiger partial charge in [0, 0.05) is 0 Å². The second-order valence-corrected chi connectivity index (χ2v) is 4.92. The van der Waals surface area contributed by atoms with Gasteiger partial charge >= 0.3 is 0 Å². The molecule has 0 amide bonds. The zero-order valence-electron chi connectivity index (χ0n) is 9.15. The molecule has 0 radical (unpaired) electrons. The summed E-state index contributed by atoms with van der Waals surface area (Å²) in [5, 5.41) is 0. The molecular formula is C11H13NO3S. The third-order valence-corrected chi connectivity index (χ3v) is 3.40. The Morgan fingerprint density at radius 1 is 1.50 bits per heavy atom. The Kier molecular flexibility index (Phi) is 3.93. The van der Waals surface area contributed by atoms with Gasteiger partial charge in [0.1, 0.15) is 10.6 Å². The van der Waals surface area contributed by atoms with E-state index in [-0.39, 0.29) is 11.4 Å². The molecule has 86 valence electrons. The SMILES string of the molecule is C#CCNS(=O)(=O)c1cc(C)ccc1OC. The largest absolute Gasteiger partial charge is 0.495 e. The molecule has 0 aliphatic carbocycles. The first kappa shape index (κ1) is 12.6. The molecule has 0 fully saturated rings. The summed E-state index contributed by atoms with van der Waals surface area (Å²) in [6.07, 6.45) is 5.01. The normalized spacial score (nSPS) is 10.8. The molecule has 0 saturated carbocycles. The zero-order valence-corrected chi connectivity index (χ0v) is 9.97. The van der Waals surface area contributed by atoms with Crippen LogP contribution in [0.3, 0.4) is 0 Å². The van der Waals surface area contributed by atoms with Gasteiger partial charge in [-0.1, -0.05) is 12.0 Å². The van der Waals surface area contributed by atoms with Gasteiger partial charge in [-0.15, -0.1) is 6.42 Å². The number of ether oxygens (including phenoxy) is 1. The number of terminal acetylenes is 1. The molecule has 0 saturated heterocycles. The van der Waals surface area contributed by atoms with Gasteiger partial charge in [-0.05, 0) is 24.6 Å². The van der Waals surface area contributed by atoms with Gasteiger partial charge in [0.25, 0.3) is 0 Å². The van der Waals surface area contributed by atoms with E-state index in [2.05, 4.69) is 10.6 Å². The van der Waals surface area contributed by atoms with Crippen LogP contribution >= 0.6 is 0 Å². The third-order valence-electron chi connectivity index (χ3n) is 1.97. The topological polar surface area (TPSA) is 55.4 Å². The molecule has 0 aromatic heterocycles. The lowest BCUT2D eigenvalue weighted by atomic mass is 10.2. The number of hydrogen-bond acceptors (Lipinski definition) is 3. The van der Waals surface area contributed by atoms with Gasteiger partial charge in [-0.3, -0.25) is 0 Å². The summed E-state index contributed by atoms with van der Waals surface area (Å²) in [5.41, 5.74) is 0.835. The van der Waals surface area contributed by atoms with Crippen LogP contribution in [-0.4, -0.2) is 22.1 Å². The Morgan fingerprint density at radius 3 is 2.75 bits per heavy atom. The average Bonchev–Trinajstić information content (AvgIpc) is 2.26. The summed E-state index contributed by atoms with van der Waals surface area (Å²) in [6.45, 7) is 1.76. The van der Waals surface area contributed by atoms with Gasteiger partial charge in [-0.2, -0.15) is 4.72 Å². The van der Waals surface area contributed by atoms with Crippen molar-refractivity contribution in [2.45, 2.75) is 11.8 Å². The van der Waals surface area contributed by atoms with Crippen molar-refractivity contribution in [3.8, 4) is 18.1 Å². The fourth-order valence-electron chi connectivity index (χ4n) is 1.21. The molecule has 5 heteroatoms. The van der Waals surface area contributed by atoms with Crippen molar-refractivity contribution in [2.24, 2.45) is 0 Å². The van der Waals surface area contributed by atoms with E-state index in [1.165, 1.54) is 13.2 Å². The predicted molar refractivity (Wildman–Crippen MR) is 61.8 cm³/mol. The van der Waals surface area contributed by atoms with Crippen molar-refractivity contribution >= 4 is 10.0 Å². The Morgan fingerprint density at radius 2 is 2.19 bits per heavy atom. The zero-order chi connectivity index (χ0) is 12.2. The van der Waals surface area contributed by atoms with E-state index in [4.69, 9.17) is 11.2 Å². The molecule has 0 spiro atoms. The minimum atomic E-state index is -3.61. The first-order valence-electron chi connectivity index (χ1n) is 4.59. The van der Waals surface area contributed by atoms with E-state index >= 15 is 0 Å². The van der Waals surface area contributed by atoms with Crippen LogP contribution in [0.2, 0.25) is 0 Å². The molecule has 4 nitrogen and oxygen atoms in total. The van der Waals surface area contributed by atoms with Crippen LogP contribution < -0.4 is 9.46 Å². The summed E-state index contributed by atoms with van der Waals surface area (Å²) in [6, 6.07) is 4.93.